The van der Waals surface area contributed by atoms with Gasteiger partial charge in [-0.2, -0.15) is 5.10 Å². The fraction of sp³-hybridized carbons (Fsp3) is 0.286. The Bertz CT molecular complexity index is 1470. The number of imide groups is 1. The molecular formula is C28H28N4O4. The predicted octanol–water partition coefficient (Wildman–Crippen LogP) is 5.34. The number of aryl methyl sites for hydroxylation is 1. The topological polar surface area (TPSA) is 86.6 Å². The number of amides is 2. The summed E-state index contributed by atoms with van der Waals surface area (Å²) < 4.78 is 12.7. The van der Waals surface area contributed by atoms with Gasteiger partial charge in [0.1, 0.15) is 11.4 Å². The molecule has 0 unspecified atom stereocenters. The second-order valence-corrected chi connectivity index (χ2v) is 9.76. The van der Waals surface area contributed by atoms with Crippen molar-refractivity contribution >= 4 is 23.0 Å². The highest BCUT2D eigenvalue weighted by Crippen LogP contribution is 2.39. The molecule has 2 amide bonds. The maximum atomic E-state index is 13.8. The van der Waals surface area contributed by atoms with Crippen LogP contribution in [0.15, 0.2) is 54.6 Å². The monoisotopic (exact) mass is 484 g/mol. The minimum Gasteiger partial charge on any atom is -0.497 e. The van der Waals surface area contributed by atoms with Gasteiger partial charge in [0.2, 0.25) is 0 Å². The maximum Gasteiger partial charge on any atom is 0.417 e. The van der Waals surface area contributed by atoms with Crippen LogP contribution in [0.3, 0.4) is 0 Å². The van der Waals surface area contributed by atoms with Gasteiger partial charge in [0.15, 0.2) is 5.65 Å². The highest BCUT2D eigenvalue weighted by Gasteiger charge is 2.37. The van der Waals surface area contributed by atoms with Crippen LogP contribution in [0.1, 0.15) is 42.5 Å². The van der Waals surface area contributed by atoms with Crippen molar-refractivity contribution in [3.63, 3.8) is 0 Å². The summed E-state index contributed by atoms with van der Waals surface area (Å²) in [6.45, 7) is 7.44. The van der Waals surface area contributed by atoms with Crippen molar-refractivity contribution in [2.24, 2.45) is 0 Å². The van der Waals surface area contributed by atoms with Gasteiger partial charge in [-0.05, 0) is 57.5 Å². The Balaban J connectivity index is 1.76. The van der Waals surface area contributed by atoms with Gasteiger partial charge < -0.3 is 9.47 Å². The van der Waals surface area contributed by atoms with E-state index in [-0.39, 0.29) is 6.54 Å². The van der Waals surface area contributed by atoms with Gasteiger partial charge in [0, 0.05) is 18.5 Å². The summed E-state index contributed by atoms with van der Waals surface area (Å²) in [5.41, 5.74) is 4.12. The third kappa shape index (κ3) is 4.08. The zero-order chi connectivity index (χ0) is 25.6. The van der Waals surface area contributed by atoms with Gasteiger partial charge in [-0.3, -0.25) is 4.79 Å². The number of para-hydroxylation sites is 1. The lowest BCUT2D eigenvalue weighted by molar-refractivity contribution is 0.0233. The van der Waals surface area contributed by atoms with Crippen molar-refractivity contribution < 1.29 is 19.1 Å². The lowest BCUT2D eigenvalue weighted by Gasteiger charge is -2.30. The van der Waals surface area contributed by atoms with E-state index in [2.05, 4.69) is 0 Å². The Kier molecular flexibility index (Phi) is 5.74. The summed E-state index contributed by atoms with van der Waals surface area (Å²) in [6, 6.07) is 17.3. The van der Waals surface area contributed by atoms with E-state index in [0.29, 0.717) is 34.6 Å². The normalized spacial score (nSPS) is 13.6. The van der Waals surface area contributed by atoms with Crippen LogP contribution >= 0.6 is 0 Å². The molecule has 0 bridgehead atoms. The Hall–Kier alpha value is -4.20. The Morgan fingerprint density at radius 1 is 1.00 bits per heavy atom. The molecule has 184 valence electrons. The summed E-state index contributed by atoms with van der Waals surface area (Å²) in [5, 5.41) is 5.56. The van der Waals surface area contributed by atoms with Gasteiger partial charge in [0.05, 0.1) is 35.1 Å². The number of fused-ring (bicyclic) bond motifs is 2. The summed E-state index contributed by atoms with van der Waals surface area (Å²) in [5.74, 6) is 0.286. The highest BCUT2D eigenvalue weighted by atomic mass is 16.6. The number of aromatic nitrogens is 3. The number of benzene rings is 2. The second kappa shape index (κ2) is 8.78. The van der Waals surface area contributed by atoms with Gasteiger partial charge in [-0.25, -0.2) is 19.4 Å². The first-order valence-electron chi connectivity index (χ1n) is 11.8. The standard InChI is InChI=1S/C28H28N4O4/c1-17-22-23(18-11-13-20(35-5)14-12-18)24-21(15-16-31(26(24)33)27(34)36-28(2,3)4)29-25(22)32(30-17)19-9-7-6-8-10-19/h6-14H,15-16H2,1-5H3. The zero-order valence-corrected chi connectivity index (χ0v) is 21.0. The molecule has 36 heavy (non-hydrogen) atoms. The van der Waals surface area contributed by atoms with Crippen LogP contribution in [-0.4, -0.2) is 50.9 Å². The molecule has 1 aliphatic rings. The maximum absolute atomic E-state index is 13.8. The number of carbonyl (C=O) groups excluding carboxylic acids is 2. The SMILES string of the molecule is COc1ccc(-c2c3c(nc4c2c(C)nn4-c2ccccc2)CCN(C(=O)OC(C)(C)C)C3=O)cc1. The minimum absolute atomic E-state index is 0.194. The fourth-order valence-electron chi connectivity index (χ4n) is 4.52. The van der Waals surface area contributed by atoms with E-state index in [1.54, 1.807) is 27.9 Å². The molecule has 0 N–H and O–H groups in total. The third-order valence-corrected chi connectivity index (χ3v) is 6.09. The molecule has 5 rings (SSSR count). The lowest BCUT2D eigenvalue weighted by atomic mass is 9.91. The average Bonchev–Trinajstić information content (AvgIpc) is 3.18. The molecule has 0 aliphatic carbocycles. The lowest BCUT2D eigenvalue weighted by Crippen LogP contribution is -2.45. The van der Waals surface area contributed by atoms with Crippen molar-refractivity contribution in [1.82, 2.24) is 19.7 Å². The van der Waals surface area contributed by atoms with E-state index < -0.39 is 17.6 Å². The molecule has 0 radical (unpaired) electrons. The number of ether oxygens (including phenoxy) is 2. The zero-order valence-electron chi connectivity index (χ0n) is 21.0. The van der Waals surface area contributed by atoms with Crippen molar-refractivity contribution in [1.29, 1.82) is 0 Å². The number of methoxy groups -OCH3 is 1. The Labute approximate surface area is 209 Å². The van der Waals surface area contributed by atoms with Crippen LogP contribution in [0.4, 0.5) is 4.79 Å². The Morgan fingerprint density at radius 3 is 2.33 bits per heavy atom. The number of rotatable bonds is 3. The van der Waals surface area contributed by atoms with E-state index in [1.807, 2.05) is 66.2 Å². The van der Waals surface area contributed by atoms with Gasteiger partial charge in [-0.15, -0.1) is 0 Å². The van der Waals surface area contributed by atoms with E-state index in [4.69, 9.17) is 19.6 Å². The molecule has 2 aromatic carbocycles. The van der Waals surface area contributed by atoms with Crippen molar-refractivity contribution in [2.45, 2.75) is 39.7 Å². The van der Waals surface area contributed by atoms with Crippen LogP contribution in [0.25, 0.3) is 27.8 Å². The molecule has 0 spiro atoms. The molecule has 0 atom stereocenters. The van der Waals surface area contributed by atoms with Gasteiger partial charge in [-0.1, -0.05) is 30.3 Å². The van der Waals surface area contributed by atoms with Crippen LogP contribution in [0, 0.1) is 6.92 Å². The summed E-state index contributed by atoms with van der Waals surface area (Å²) in [4.78, 5) is 32.8. The van der Waals surface area contributed by atoms with E-state index in [0.717, 1.165) is 22.3 Å². The molecular weight excluding hydrogens is 456 g/mol. The predicted molar refractivity (Wildman–Crippen MR) is 137 cm³/mol. The van der Waals surface area contributed by atoms with E-state index >= 15 is 0 Å². The number of hydrogen-bond donors (Lipinski definition) is 0. The van der Waals surface area contributed by atoms with Crippen molar-refractivity contribution in [3.8, 4) is 22.6 Å². The number of carbonyl (C=O) groups is 2. The number of pyridine rings is 1. The van der Waals surface area contributed by atoms with Gasteiger partial charge >= 0.3 is 6.09 Å². The first-order valence-corrected chi connectivity index (χ1v) is 11.8. The molecule has 8 nitrogen and oxygen atoms in total. The molecule has 8 heteroatoms. The Morgan fingerprint density at radius 2 is 1.69 bits per heavy atom. The van der Waals surface area contributed by atoms with E-state index in [1.165, 1.54) is 4.90 Å². The quantitative estimate of drug-likeness (QED) is 0.390. The fourth-order valence-corrected chi connectivity index (χ4v) is 4.52. The first kappa shape index (κ1) is 23.5. The highest BCUT2D eigenvalue weighted by molar-refractivity contribution is 6.14. The molecule has 0 saturated carbocycles. The van der Waals surface area contributed by atoms with Crippen molar-refractivity contribution in [2.75, 3.05) is 13.7 Å². The first-order chi connectivity index (χ1) is 17.2. The third-order valence-electron chi connectivity index (χ3n) is 6.09. The molecule has 3 heterocycles. The number of hydrogen-bond acceptors (Lipinski definition) is 6. The van der Waals surface area contributed by atoms with Crippen LogP contribution in [0.5, 0.6) is 5.75 Å². The average molecular weight is 485 g/mol. The van der Waals surface area contributed by atoms with Crippen LogP contribution < -0.4 is 4.74 Å². The second-order valence-electron chi connectivity index (χ2n) is 9.76. The van der Waals surface area contributed by atoms with Crippen LogP contribution in [0.2, 0.25) is 0 Å². The molecule has 2 aromatic heterocycles. The summed E-state index contributed by atoms with van der Waals surface area (Å²) in [7, 11) is 1.61. The van der Waals surface area contributed by atoms with Crippen molar-refractivity contribution in [3.05, 3.63) is 71.5 Å². The summed E-state index contributed by atoms with van der Waals surface area (Å²) in [6.07, 6.45) is -0.242. The molecule has 4 aromatic rings. The van der Waals surface area contributed by atoms with E-state index in [9.17, 15) is 9.59 Å². The summed E-state index contributed by atoms with van der Waals surface area (Å²) >= 11 is 0. The smallest absolute Gasteiger partial charge is 0.417 e. The minimum atomic E-state index is -0.716. The molecule has 0 fully saturated rings. The molecule has 0 saturated heterocycles. The van der Waals surface area contributed by atoms with Gasteiger partial charge in [0.25, 0.3) is 5.91 Å². The van der Waals surface area contributed by atoms with Crippen LogP contribution in [-0.2, 0) is 11.2 Å². The largest absolute Gasteiger partial charge is 0.497 e. The number of nitrogens with zero attached hydrogens (tertiary/aromatic N) is 4. The molecule has 1 aliphatic heterocycles.